The number of aryl methyl sites for hydroxylation is 2. The second-order valence-corrected chi connectivity index (χ2v) is 7.87. The first-order chi connectivity index (χ1) is 16.1. The Morgan fingerprint density at radius 2 is 1.85 bits per heavy atom. The molecule has 0 saturated carbocycles. The molecule has 0 saturated heterocycles. The van der Waals surface area contributed by atoms with Gasteiger partial charge in [-0.05, 0) is 60.4 Å². The molecular weight excluding hydrogens is 412 g/mol. The van der Waals surface area contributed by atoms with Gasteiger partial charge in [-0.2, -0.15) is 5.26 Å². The van der Waals surface area contributed by atoms with Gasteiger partial charge in [-0.25, -0.2) is 0 Å². The van der Waals surface area contributed by atoms with Crippen LogP contribution < -0.4 is 4.74 Å². The molecule has 0 unspecified atom stereocenters. The monoisotopic (exact) mass is 438 g/mol. The maximum Gasteiger partial charge on any atom is 0.306 e. The van der Waals surface area contributed by atoms with E-state index in [1.165, 1.54) is 0 Å². The minimum absolute atomic E-state index is 0.179. The van der Waals surface area contributed by atoms with Crippen molar-refractivity contribution in [1.82, 2.24) is 4.57 Å². The molecule has 0 atom stereocenters. The van der Waals surface area contributed by atoms with Crippen molar-refractivity contribution < 1.29 is 14.3 Å². The first-order valence-corrected chi connectivity index (χ1v) is 11.0. The highest BCUT2D eigenvalue weighted by Crippen LogP contribution is 2.27. The zero-order valence-electron chi connectivity index (χ0n) is 18.9. The van der Waals surface area contributed by atoms with E-state index in [9.17, 15) is 10.1 Å². The molecule has 0 radical (unpaired) electrons. The fourth-order valence-electron chi connectivity index (χ4n) is 3.99. The highest BCUT2D eigenvalue weighted by Gasteiger charge is 2.11. The van der Waals surface area contributed by atoms with E-state index in [2.05, 4.69) is 16.7 Å². The molecule has 0 amide bonds. The van der Waals surface area contributed by atoms with Crippen LogP contribution in [-0.4, -0.2) is 17.1 Å². The third-order valence-electron chi connectivity index (χ3n) is 5.70. The standard InChI is InChI=1S/C28H26N2O3/c1-3-32-28(31)14-10-24-16-22-17-25(11-13-27(22)30(24)2)33-19-20-9-12-26(23(15-20)18-29)21-7-5-4-6-8-21/h4-9,11-13,15-17H,3,10,14,19H2,1-2H3. The van der Waals surface area contributed by atoms with Crippen LogP contribution in [0.2, 0.25) is 0 Å². The van der Waals surface area contributed by atoms with Gasteiger partial charge >= 0.3 is 5.97 Å². The Morgan fingerprint density at radius 1 is 1.03 bits per heavy atom. The molecule has 0 fully saturated rings. The van der Waals surface area contributed by atoms with Crippen LogP contribution in [0.4, 0.5) is 0 Å². The summed E-state index contributed by atoms with van der Waals surface area (Å²) in [7, 11) is 2.00. The van der Waals surface area contributed by atoms with E-state index in [0.29, 0.717) is 31.6 Å². The number of fused-ring (bicyclic) bond motifs is 1. The number of nitrogens with zero attached hydrogens (tertiary/aromatic N) is 2. The number of aromatic nitrogens is 1. The quantitative estimate of drug-likeness (QED) is 0.327. The fraction of sp³-hybridized carbons (Fsp3) is 0.214. The van der Waals surface area contributed by atoms with E-state index < -0.39 is 0 Å². The van der Waals surface area contributed by atoms with Gasteiger partial charge in [0.1, 0.15) is 12.4 Å². The largest absolute Gasteiger partial charge is 0.489 e. The maximum atomic E-state index is 11.7. The third kappa shape index (κ3) is 5.07. The summed E-state index contributed by atoms with van der Waals surface area (Å²) < 4.78 is 13.2. The van der Waals surface area contributed by atoms with Gasteiger partial charge in [0.05, 0.1) is 24.7 Å². The number of esters is 1. The molecule has 0 spiro atoms. The molecular formula is C28H26N2O3. The van der Waals surface area contributed by atoms with Crippen LogP contribution in [-0.2, 0) is 29.6 Å². The van der Waals surface area contributed by atoms with Crippen LogP contribution in [0.15, 0.2) is 72.8 Å². The summed E-state index contributed by atoms with van der Waals surface area (Å²) in [6.45, 7) is 2.59. The summed E-state index contributed by atoms with van der Waals surface area (Å²) in [4.78, 5) is 11.7. The van der Waals surface area contributed by atoms with E-state index in [1.807, 2.05) is 80.7 Å². The van der Waals surface area contributed by atoms with E-state index in [1.54, 1.807) is 0 Å². The van der Waals surface area contributed by atoms with E-state index in [-0.39, 0.29) is 5.97 Å². The molecule has 4 rings (SSSR count). The molecule has 5 nitrogen and oxygen atoms in total. The van der Waals surface area contributed by atoms with Gasteiger partial charge in [0.25, 0.3) is 0 Å². The van der Waals surface area contributed by atoms with Crippen molar-refractivity contribution in [3.05, 3.63) is 89.6 Å². The van der Waals surface area contributed by atoms with Gasteiger partial charge in [-0.3, -0.25) is 4.79 Å². The van der Waals surface area contributed by atoms with Gasteiger partial charge in [-0.15, -0.1) is 0 Å². The van der Waals surface area contributed by atoms with Gasteiger partial charge in [0.2, 0.25) is 0 Å². The van der Waals surface area contributed by atoms with Crippen LogP contribution in [0.25, 0.3) is 22.0 Å². The first kappa shape index (κ1) is 22.2. The zero-order chi connectivity index (χ0) is 23.2. The highest BCUT2D eigenvalue weighted by atomic mass is 16.5. The van der Waals surface area contributed by atoms with Crippen molar-refractivity contribution in [3.8, 4) is 22.9 Å². The van der Waals surface area contributed by atoms with E-state index in [0.717, 1.165) is 39.0 Å². The topological polar surface area (TPSA) is 64.2 Å². The molecule has 4 aromatic rings. The number of carbonyl (C=O) groups is 1. The maximum absolute atomic E-state index is 11.7. The van der Waals surface area contributed by atoms with Crippen LogP contribution in [0, 0.1) is 11.3 Å². The second kappa shape index (κ2) is 10.1. The van der Waals surface area contributed by atoms with Crippen molar-refractivity contribution in [3.63, 3.8) is 0 Å². The smallest absolute Gasteiger partial charge is 0.306 e. The molecule has 0 bridgehead atoms. The van der Waals surface area contributed by atoms with Crippen LogP contribution in [0.3, 0.4) is 0 Å². The Kier molecular flexibility index (Phi) is 6.75. The van der Waals surface area contributed by atoms with Gasteiger partial charge < -0.3 is 14.0 Å². The molecule has 0 aliphatic rings. The SMILES string of the molecule is CCOC(=O)CCc1cc2cc(OCc3ccc(-c4ccccc4)c(C#N)c3)ccc2n1C. The summed E-state index contributed by atoms with van der Waals surface area (Å²) in [6, 6.07) is 26.1. The van der Waals surface area contributed by atoms with Gasteiger partial charge in [-0.1, -0.05) is 42.5 Å². The number of hydrogen-bond donors (Lipinski definition) is 0. The summed E-state index contributed by atoms with van der Waals surface area (Å²) in [5, 5.41) is 10.7. The van der Waals surface area contributed by atoms with Crippen molar-refractivity contribution in [2.24, 2.45) is 7.05 Å². The van der Waals surface area contributed by atoms with Crippen LogP contribution in [0.5, 0.6) is 5.75 Å². The third-order valence-corrected chi connectivity index (χ3v) is 5.70. The lowest BCUT2D eigenvalue weighted by Gasteiger charge is -2.10. The Morgan fingerprint density at radius 3 is 2.61 bits per heavy atom. The Labute approximate surface area is 193 Å². The summed E-state index contributed by atoms with van der Waals surface area (Å²) in [6.07, 6.45) is 0.993. The van der Waals surface area contributed by atoms with E-state index >= 15 is 0 Å². The number of benzene rings is 3. The number of carbonyl (C=O) groups excluding carboxylic acids is 1. The predicted molar refractivity (Wildman–Crippen MR) is 129 cm³/mol. The lowest BCUT2D eigenvalue weighted by atomic mass is 9.98. The fourth-order valence-corrected chi connectivity index (χ4v) is 3.99. The zero-order valence-corrected chi connectivity index (χ0v) is 18.9. The molecule has 3 aromatic carbocycles. The lowest BCUT2D eigenvalue weighted by Crippen LogP contribution is -2.06. The van der Waals surface area contributed by atoms with Crippen molar-refractivity contribution in [2.75, 3.05) is 6.61 Å². The lowest BCUT2D eigenvalue weighted by molar-refractivity contribution is -0.143. The summed E-state index contributed by atoms with van der Waals surface area (Å²) >= 11 is 0. The summed E-state index contributed by atoms with van der Waals surface area (Å²) in [5.41, 5.74) is 5.67. The van der Waals surface area contributed by atoms with Crippen molar-refractivity contribution >= 4 is 16.9 Å². The van der Waals surface area contributed by atoms with Gasteiger partial charge in [0, 0.05) is 23.6 Å². The predicted octanol–water partition coefficient (Wildman–Crippen LogP) is 5.79. The molecule has 0 aliphatic heterocycles. The average molecular weight is 439 g/mol. The number of ether oxygens (including phenoxy) is 2. The average Bonchev–Trinajstić information content (AvgIpc) is 3.16. The summed E-state index contributed by atoms with van der Waals surface area (Å²) in [5.74, 6) is 0.581. The second-order valence-electron chi connectivity index (χ2n) is 7.87. The van der Waals surface area contributed by atoms with Crippen molar-refractivity contribution in [1.29, 1.82) is 5.26 Å². The molecule has 5 heteroatoms. The molecule has 0 N–H and O–H groups in total. The number of rotatable bonds is 8. The van der Waals surface area contributed by atoms with Crippen LogP contribution in [0.1, 0.15) is 30.2 Å². The molecule has 0 aliphatic carbocycles. The molecule has 1 heterocycles. The Balaban J connectivity index is 1.47. The molecule has 166 valence electrons. The highest BCUT2D eigenvalue weighted by molar-refractivity contribution is 5.83. The van der Waals surface area contributed by atoms with Crippen molar-refractivity contribution in [2.45, 2.75) is 26.4 Å². The first-order valence-electron chi connectivity index (χ1n) is 11.0. The van der Waals surface area contributed by atoms with Crippen LogP contribution >= 0.6 is 0 Å². The molecule has 33 heavy (non-hydrogen) atoms. The van der Waals surface area contributed by atoms with Gasteiger partial charge in [0.15, 0.2) is 0 Å². The van der Waals surface area contributed by atoms with E-state index in [4.69, 9.17) is 9.47 Å². The minimum atomic E-state index is -0.179. The normalized spacial score (nSPS) is 10.7. The Hall–Kier alpha value is -4.04. The Bertz CT molecular complexity index is 1320. The number of hydrogen-bond acceptors (Lipinski definition) is 4. The molecule has 1 aromatic heterocycles. The number of nitriles is 1. The minimum Gasteiger partial charge on any atom is -0.489 e.